The predicted molar refractivity (Wildman–Crippen MR) is 52.4 cm³/mol. The number of nitrogens with zero attached hydrogens (tertiary/aromatic N) is 1. The maximum atomic E-state index is 12.4. The zero-order chi connectivity index (χ0) is 11.9. The van der Waals surface area contributed by atoms with Crippen LogP contribution in [0.1, 0.15) is 5.56 Å². The molecule has 0 bridgehead atoms. The molecule has 0 saturated heterocycles. The maximum Gasteiger partial charge on any atom is 0.416 e. The van der Waals surface area contributed by atoms with Crippen LogP contribution >= 0.6 is 11.6 Å². The molecule has 2 aromatic rings. The molecule has 1 N–H and O–H groups in total. The van der Waals surface area contributed by atoms with E-state index in [2.05, 4.69) is 9.97 Å². The molecule has 0 unspecified atom stereocenters. The van der Waals surface area contributed by atoms with Crippen LogP contribution in [0.3, 0.4) is 0 Å². The zero-order valence-electron chi connectivity index (χ0n) is 7.60. The van der Waals surface area contributed by atoms with Gasteiger partial charge in [-0.3, -0.25) is 4.79 Å². The third kappa shape index (κ3) is 1.88. The van der Waals surface area contributed by atoms with Gasteiger partial charge in [0.25, 0.3) is 5.56 Å². The SMILES string of the molecule is O=c1cnc2c(Cl)cc(C(F)(F)F)cc2[nH]1. The lowest BCUT2D eigenvalue weighted by molar-refractivity contribution is -0.137. The molecule has 0 aliphatic carbocycles. The molecule has 1 aromatic carbocycles. The minimum Gasteiger partial charge on any atom is -0.319 e. The standard InChI is InChI=1S/C9H4ClF3N2O/c10-5-1-4(9(11,12)13)2-6-8(5)14-3-7(16)15-6/h1-3H,(H,15,16). The normalized spacial score (nSPS) is 12.0. The lowest BCUT2D eigenvalue weighted by Crippen LogP contribution is -2.09. The van der Waals surface area contributed by atoms with Gasteiger partial charge < -0.3 is 4.98 Å². The fourth-order valence-corrected chi connectivity index (χ4v) is 1.55. The number of fused-ring (bicyclic) bond motifs is 1. The molecule has 0 atom stereocenters. The number of H-pyrrole nitrogens is 1. The van der Waals surface area contributed by atoms with Gasteiger partial charge >= 0.3 is 6.18 Å². The Morgan fingerprint density at radius 3 is 2.62 bits per heavy atom. The Labute approximate surface area is 91.9 Å². The summed E-state index contributed by atoms with van der Waals surface area (Å²) in [4.78, 5) is 16.8. The Morgan fingerprint density at radius 1 is 1.31 bits per heavy atom. The first-order chi connectivity index (χ1) is 7.38. The maximum absolute atomic E-state index is 12.4. The van der Waals surface area contributed by atoms with Gasteiger partial charge in [-0.15, -0.1) is 0 Å². The van der Waals surface area contributed by atoms with Crippen molar-refractivity contribution in [2.75, 3.05) is 0 Å². The van der Waals surface area contributed by atoms with Crippen molar-refractivity contribution < 1.29 is 13.2 Å². The van der Waals surface area contributed by atoms with Gasteiger partial charge in [-0.2, -0.15) is 13.2 Å². The van der Waals surface area contributed by atoms with Crippen molar-refractivity contribution in [3.63, 3.8) is 0 Å². The topological polar surface area (TPSA) is 45.8 Å². The third-order valence-electron chi connectivity index (χ3n) is 1.96. The van der Waals surface area contributed by atoms with Gasteiger partial charge in [0.1, 0.15) is 5.52 Å². The quantitative estimate of drug-likeness (QED) is 0.779. The summed E-state index contributed by atoms with van der Waals surface area (Å²) in [6.07, 6.45) is -3.55. The monoisotopic (exact) mass is 248 g/mol. The van der Waals surface area contributed by atoms with Crippen molar-refractivity contribution in [2.24, 2.45) is 0 Å². The van der Waals surface area contributed by atoms with Crippen molar-refractivity contribution in [3.8, 4) is 0 Å². The van der Waals surface area contributed by atoms with E-state index in [4.69, 9.17) is 11.6 Å². The summed E-state index contributed by atoms with van der Waals surface area (Å²) in [5, 5.41) is -0.152. The first-order valence-electron chi connectivity index (χ1n) is 4.14. The molecule has 7 heteroatoms. The molecule has 1 heterocycles. The molecule has 0 aliphatic heterocycles. The van der Waals surface area contributed by atoms with Crippen LogP contribution in [0.2, 0.25) is 5.02 Å². The fraction of sp³-hybridized carbons (Fsp3) is 0.111. The van der Waals surface area contributed by atoms with Gasteiger partial charge in [0.05, 0.1) is 22.3 Å². The minimum atomic E-state index is -4.51. The minimum absolute atomic E-state index is 0.0349. The van der Waals surface area contributed by atoms with E-state index in [1.165, 1.54) is 0 Å². The van der Waals surface area contributed by atoms with Crippen LogP contribution in [-0.4, -0.2) is 9.97 Å². The molecule has 16 heavy (non-hydrogen) atoms. The number of benzene rings is 1. The van der Waals surface area contributed by atoms with E-state index in [0.29, 0.717) is 0 Å². The second kappa shape index (κ2) is 3.48. The number of alkyl halides is 3. The van der Waals surface area contributed by atoms with E-state index < -0.39 is 17.3 Å². The van der Waals surface area contributed by atoms with Crippen molar-refractivity contribution in [3.05, 3.63) is 39.3 Å². The molecular formula is C9H4ClF3N2O. The van der Waals surface area contributed by atoms with Crippen LogP contribution < -0.4 is 5.56 Å². The largest absolute Gasteiger partial charge is 0.416 e. The molecule has 84 valence electrons. The smallest absolute Gasteiger partial charge is 0.319 e. The number of hydrogen-bond donors (Lipinski definition) is 1. The highest BCUT2D eigenvalue weighted by Crippen LogP contribution is 2.33. The van der Waals surface area contributed by atoms with Crippen LogP contribution in [0.15, 0.2) is 23.1 Å². The number of rotatable bonds is 0. The number of aromatic nitrogens is 2. The van der Waals surface area contributed by atoms with E-state index in [1.807, 2.05) is 0 Å². The first kappa shape index (κ1) is 10.9. The van der Waals surface area contributed by atoms with Crippen molar-refractivity contribution >= 4 is 22.6 Å². The molecule has 0 saturated carbocycles. The average molecular weight is 249 g/mol. The summed E-state index contributed by atoms with van der Waals surface area (Å²) in [6.45, 7) is 0. The Bertz CT molecular complexity index is 606. The Morgan fingerprint density at radius 2 is 2.00 bits per heavy atom. The van der Waals surface area contributed by atoms with E-state index in [-0.39, 0.29) is 16.1 Å². The zero-order valence-corrected chi connectivity index (χ0v) is 8.36. The number of aromatic amines is 1. The summed E-state index contributed by atoms with van der Waals surface area (Å²) in [5.74, 6) is 0. The summed E-state index contributed by atoms with van der Waals surface area (Å²) < 4.78 is 37.3. The highest BCUT2D eigenvalue weighted by atomic mass is 35.5. The molecular weight excluding hydrogens is 245 g/mol. The van der Waals surface area contributed by atoms with E-state index in [0.717, 1.165) is 18.3 Å². The van der Waals surface area contributed by atoms with Crippen LogP contribution in [-0.2, 0) is 6.18 Å². The van der Waals surface area contributed by atoms with Gasteiger partial charge in [0, 0.05) is 0 Å². The average Bonchev–Trinajstić information content (AvgIpc) is 2.15. The molecule has 1 aromatic heterocycles. The van der Waals surface area contributed by atoms with Crippen molar-refractivity contribution in [1.29, 1.82) is 0 Å². The molecule has 0 aliphatic rings. The Kier molecular flexibility index (Phi) is 2.38. The lowest BCUT2D eigenvalue weighted by atomic mass is 10.2. The van der Waals surface area contributed by atoms with Gasteiger partial charge in [0.15, 0.2) is 0 Å². The van der Waals surface area contributed by atoms with Crippen LogP contribution in [0, 0.1) is 0 Å². The highest BCUT2D eigenvalue weighted by Gasteiger charge is 2.31. The molecule has 0 spiro atoms. The van der Waals surface area contributed by atoms with Crippen LogP contribution in [0.5, 0.6) is 0 Å². The van der Waals surface area contributed by atoms with Crippen molar-refractivity contribution in [2.45, 2.75) is 6.18 Å². The number of hydrogen-bond acceptors (Lipinski definition) is 2. The fourth-order valence-electron chi connectivity index (χ4n) is 1.28. The number of nitrogens with one attached hydrogen (secondary N) is 1. The van der Waals surface area contributed by atoms with Crippen molar-refractivity contribution in [1.82, 2.24) is 9.97 Å². The van der Waals surface area contributed by atoms with Gasteiger partial charge in [-0.1, -0.05) is 11.6 Å². The van der Waals surface area contributed by atoms with Gasteiger partial charge in [-0.25, -0.2) is 4.98 Å². The Hall–Kier alpha value is -1.56. The van der Waals surface area contributed by atoms with Crippen LogP contribution in [0.4, 0.5) is 13.2 Å². The summed E-state index contributed by atoms with van der Waals surface area (Å²) in [6, 6.07) is 1.57. The second-order valence-corrected chi connectivity index (χ2v) is 3.51. The van der Waals surface area contributed by atoms with Gasteiger partial charge in [0.2, 0.25) is 0 Å². The second-order valence-electron chi connectivity index (χ2n) is 3.10. The van der Waals surface area contributed by atoms with E-state index >= 15 is 0 Å². The first-order valence-corrected chi connectivity index (χ1v) is 4.51. The number of halogens is 4. The summed E-state index contributed by atoms with van der Waals surface area (Å²) >= 11 is 5.64. The highest BCUT2D eigenvalue weighted by molar-refractivity contribution is 6.34. The molecule has 0 fully saturated rings. The lowest BCUT2D eigenvalue weighted by Gasteiger charge is -2.08. The third-order valence-corrected chi connectivity index (χ3v) is 2.25. The van der Waals surface area contributed by atoms with E-state index in [1.54, 1.807) is 0 Å². The molecule has 0 radical (unpaired) electrons. The van der Waals surface area contributed by atoms with Crippen LogP contribution in [0.25, 0.3) is 11.0 Å². The predicted octanol–water partition coefficient (Wildman–Crippen LogP) is 2.60. The molecule has 2 rings (SSSR count). The Balaban J connectivity index is 2.80. The van der Waals surface area contributed by atoms with E-state index in [9.17, 15) is 18.0 Å². The molecule has 0 amide bonds. The summed E-state index contributed by atoms with van der Waals surface area (Å²) in [5.41, 5.74) is -1.40. The van der Waals surface area contributed by atoms with Gasteiger partial charge in [-0.05, 0) is 12.1 Å². The molecule has 3 nitrogen and oxygen atoms in total. The summed E-state index contributed by atoms with van der Waals surface area (Å²) in [7, 11) is 0.